The number of amides is 1. The van der Waals surface area contributed by atoms with E-state index >= 15 is 0 Å². The Morgan fingerprint density at radius 1 is 1.21 bits per heavy atom. The maximum absolute atomic E-state index is 12.6. The van der Waals surface area contributed by atoms with Gasteiger partial charge in [0.25, 0.3) is 5.69 Å². The van der Waals surface area contributed by atoms with Crippen molar-refractivity contribution < 1.29 is 14.3 Å². The van der Waals surface area contributed by atoms with Gasteiger partial charge in [-0.3, -0.25) is 14.9 Å². The van der Waals surface area contributed by atoms with Crippen LogP contribution in [0.4, 0.5) is 17.2 Å². The van der Waals surface area contributed by atoms with Crippen LogP contribution in [0.5, 0.6) is 0 Å². The van der Waals surface area contributed by atoms with Gasteiger partial charge in [0.2, 0.25) is 5.91 Å². The Morgan fingerprint density at radius 3 is 2.79 bits per heavy atom. The molecule has 4 rings (SSSR count). The molecule has 0 saturated heterocycles. The van der Waals surface area contributed by atoms with Crippen molar-refractivity contribution in [3.63, 3.8) is 0 Å². The SMILES string of the molecule is Nc1nonc1-c1nc2ccccc2n1CC(=O)Nc1cccc([N+](=O)[O-])c1. The minimum Gasteiger partial charge on any atom is -0.379 e. The van der Waals surface area contributed by atoms with E-state index in [1.807, 2.05) is 12.1 Å². The third-order valence-corrected chi connectivity index (χ3v) is 4.02. The summed E-state index contributed by atoms with van der Waals surface area (Å²) in [5.74, 6) is -0.0234. The first kappa shape index (κ1) is 17.1. The van der Waals surface area contributed by atoms with Gasteiger partial charge >= 0.3 is 0 Å². The number of aromatic nitrogens is 4. The highest BCUT2D eigenvalue weighted by molar-refractivity contribution is 5.93. The van der Waals surface area contributed by atoms with Crippen LogP contribution >= 0.6 is 0 Å². The molecule has 11 nitrogen and oxygen atoms in total. The molecule has 0 saturated carbocycles. The maximum atomic E-state index is 12.6. The van der Waals surface area contributed by atoms with E-state index in [1.165, 1.54) is 18.2 Å². The van der Waals surface area contributed by atoms with E-state index < -0.39 is 10.8 Å². The highest BCUT2D eigenvalue weighted by Gasteiger charge is 2.20. The van der Waals surface area contributed by atoms with Crippen LogP contribution in [0.25, 0.3) is 22.6 Å². The number of anilines is 2. The van der Waals surface area contributed by atoms with Crippen molar-refractivity contribution in [2.24, 2.45) is 0 Å². The molecule has 11 heteroatoms. The molecule has 0 spiro atoms. The van der Waals surface area contributed by atoms with Gasteiger partial charge in [-0.1, -0.05) is 18.2 Å². The van der Waals surface area contributed by atoms with Crippen molar-refractivity contribution in [2.45, 2.75) is 6.54 Å². The van der Waals surface area contributed by atoms with Gasteiger partial charge in [0.15, 0.2) is 17.3 Å². The van der Waals surface area contributed by atoms with E-state index in [2.05, 4.69) is 25.2 Å². The molecule has 2 aromatic heterocycles. The Balaban J connectivity index is 1.67. The maximum Gasteiger partial charge on any atom is 0.271 e. The third-order valence-electron chi connectivity index (χ3n) is 4.02. The summed E-state index contributed by atoms with van der Waals surface area (Å²) in [7, 11) is 0. The number of hydrogen-bond donors (Lipinski definition) is 2. The molecule has 0 atom stereocenters. The average Bonchev–Trinajstić information content (AvgIpc) is 3.25. The fraction of sp³-hybridized carbons (Fsp3) is 0.0588. The number of imidazole rings is 1. The number of fused-ring (bicyclic) bond motifs is 1. The number of hydrogen-bond acceptors (Lipinski definition) is 8. The lowest BCUT2D eigenvalue weighted by Gasteiger charge is -2.09. The molecule has 4 aromatic rings. The zero-order chi connectivity index (χ0) is 19.7. The number of rotatable bonds is 5. The summed E-state index contributed by atoms with van der Waals surface area (Å²) < 4.78 is 6.27. The van der Waals surface area contributed by atoms with E-state index in [4.69, 9.17) is 5.73 Å². The fourth-order valence-corrected chi connectivity index (χ4v) is 2.81. The standard InChI is InChI=1S/C17H13N7O4/c18-16-15(21-28-22-16)17-20-12-6-1-2-7-13(12)23(17)9-14(25)19-10-4-3-5-11(8-10)24(26)27/h1-8H,9H2,(H2,18,22)(H,19,25). The van der Waals surface area contributed by atoms with E-state index in [-0.39, 0.29) is 23.7 Å². The number of carbonyl (C=O) groups excluding carboxylic acids is 1. The van der Waals surface area contributed by atoms with Crippen molar-refractivity contribution in [3.05, 3.63) is 58.6 Å². The first-order valence-corrected chi connectivity index (χ1v) is 8.11. The number of nitrogens with zero attached hydrogens (tertiary/aromatic N) is 5. The smallest absolute Gasteiger partial charge is 0.271 e. The quantitative estimate of drug-likeness (QED) is 0.395. The zero-order valence-electron chi connectivity index (χ0n) is 14.3. The number of nitrogens with two attached hydrogens (primary N) is 1. The van der Waals surface area contributed by atoms with Gasteiger partial charge in [-0.15, -0.1) is 0 Å². The second kappa shape index (κ2) is 6.79. The molecule has 28 heavy (non-hydrogen) atoms. The van der Waals surface area contributed by atoms with Gasteiger partial charge in [0.1, 0.15) is 6.54 Å². The summed E-state index contributed by atoms with van der Waals surface area (Å²) in [6, 6.07) is 12.9. The first-order valence-electron chi connectivity index (χ1n) is 8.11. The van der Waals surface area contributed by atoms with E-state index in [1.54, 1.807) is 22.8 Å². The van der Waals surface area contributed by atoms with E-state index in [0.29, 0.717) is 22.5 Å². The predicted molar refractivity (Wildman–Crippen MR) is 99.2 cm³/mol. The monoisotopic (exact) mass is 379 g/mol. The molecule has 0 aliphatic carbocycles. The molecule has 0 unspecified atom stereocenters. The molecule has 2 heterocycles. The fourth-order valence-electron chi connectivity index (χ4n) is 2.81. The second-order valence-electron chi connectivity index (χ2n) is 5.86. The lowest BCUT2D eigenvalue weighted by molar-refractivity contribution is -0.384. The third kappa shape index (κ3) is 3.11. The van der Waals surface area contributed by atoms with Gasteiger partial charge in [0, 0.05) is 17.8 Å². The largest absolute Gasteiger partial charge is 0.379 e. The number of benzene rings is 2. The van der Waals surface area contributed by atoms with Crippen LogP contribution in [-0.4, -0.2) is 30.7 Å². The van der Waals surface area contributed by atoms with E-state index in [0.717, 1.165) is 0 Å². The molecular weight excluding hydrogens is 366 g/mol. The van der Waals surface area contributed by atoms with Crippen molar-refractivity contribution in [2.75, 3.05) is 11.1 Å². The van der Waals surface area contributed by atoms with Crippen molar-refractivity contribution in [1.82, 2.24) is 19.9 Å². The minimum atomic E-state index is -0.530. The Labute approximate surface area is 156 Å². The molecule has 0 fully saturated rings. The summed E-state index contributed by atoms with van der Waals surface area (Å²) in [5, 5.41) is 20.9. The van der Waals surface area contributed by atoms with Crippen LogP contribution in [0, 0.1) is 10.1 Å². The normalized spacial score (nSPS) is 10.9. The summed E-state index contributed by atoms with van der Waals surface area (Å²) >= 11 is 0. The first-order chi connectivity index (χ1) is 13.5. The highest BCUT2D eigenvalue weighted by Crippen LogP contribution is 2.26. The molecule has 0 bridgehead atoms. The van der Waals surface area contributed by atoms with Crippen molar-refractivity contribution >= 4 is 34.1 Å². The Hall–Kier alpha value is -4.28. The molecule has 3 N–H and O–H groups in total. The lowest BCUT2D eigenvalue weighted by Crippen LogP contribution is -2.19. The molecule has 140 valence electrons. The number of nitro benzene ring substituents is 1. The number of nitrogens with one attached hydrogen (secondary N) is 1. The summed E-state index contributed by atoms with van der Waals surface area (Å²) in [6.07, 6.45) is 0. The van der Waals surface area contributed by atoms with Crippen LogP contribution in [0.2, 0.25) is 0 Å². The average molecular weight is 379 g/mol. The Kier molecular flexibility index (Phi) is 4.16. The van der Waals surface area contributed by atoms with Crippen LogP contribution in [0.1, 0.15) is 0 Å². The van der Waals surface area contributed by atoms with Crippen LogP contribution in [0.3, 0.4) is 0 Å². The van der Waals surface area contributed by atoms with Gasteiger partial charge in [-0.2, -0.15) is 0 Å². The highest BCUT2D eigenvalue weighted by atomic mass is 16.6. The number of nitro groups is 1. The molecular formula is C17H13N7O4. The number of para-hydroxylation sites is 2. The molecule has 0 radical (unpaired) electrons. The van der Waals surface area contributed by atoms with E-state index in [9.17, 15) is 14.9 Å². The molecule has 1 amide bonds. The van der Waals surface area contributed by atoms with Gasteiger partial charge in [-0.05, 0) is 28.5 Å². The topological polar surface area (TPSA) is 155 Å². The molecule has 0 aliphatic heterocycles. The number of carbonyl (C=O) groups is 1. The second-order valence-corrected chi connectivity index (χ2v) is 5.86. The van der Waals surface area contributed by atoms with Crippen molar-refractivity contribution in [3.8, 4) is 11.5 Å². The molecule has 2 aromatic carbocycles. The van der Waals surface area contributed by atoms with Gasteiger partial charge < -0.3 is 15.6 Å². The van der Waals surface area contributed by atoms with Crippen LogP contribution in [0.15, 0.2) is 53.2 Å². The summed E-state index contributed by atoms with van der Waals surface area (Å²) in [5.41, 5.74) is 7.53. The summed E-state index contributed by atoms with van der Waals surface area (Å²) in [6.45, 7) is -0.120. The predicted octanol–water partition coefficient (Wildman–Crippen LogP) is 2.22. The zero-order valence-corrected chi connectivity index (χ0v) is 14.3. The number of non-ortho nitro benzene ring substituents is 1. The van der Waals surface area contributed by atoms with Crippen LogP contribution < -0.4 is 11.1 Å². The Morgan fingerprint density at radius 2 is 2.04 bits per heavy atom. The lowest BCUT2D eigenvalue weighted by atomic mass is 10.3. The van der Waals surface area contributed by atoms with Gasteiger partial charge in [0.05, 0.1) is 16.0 Å². The van der Waals surface area contributed by atoms with Gasteiger partial charge in [-0.25, -0.2) is 9.61 Å². The minimum absolute atomic E-state index is 0.0515. The van der Waals surface area contributed by atoms with Crippen LogP contribution in [-0.2, 0) is 11.3 Å². The molecule has 0 aliphatic rings. The van der Waals surface area contributed by atoms with Crippen molar-refractivity contribution in [1.29, 1.82) is 0 Å². The summed E-state index contributed by atoms with van der Waals surface area (Å²) in [4.78, 5) is 27.4. The number of nitrogen functional groups attached to an aromatic ring is 1. The Bertz CT molecular complexity index is 1200.